The highest BCUT2D eigenvalue weighted by molar-refractivity contribution is 9.10. The summed E-state index contributed by atoms with van der Waals surface area (Å²) in [7, 11) is 0. The Kier molecular flexibility index (Phi) is 4.67. The molecule has 0 fully saturated rings. The van der Waals surface area contributed by atoms with Crippen LogP contribution in [0.25, 0.3) is 0 Å². The molecule has 0 saturated carbocycles. The largest absolute Gasteiger partial charge is 0.303 e. The summed E-state index contributed by atoms with van der Waals surface area (Å²) in [5.74, 6) is 0.944. The summed E-state index contributed by atoms with van der Waals surface area (Å²) in [5, 5.41) is 3.59. The number of thioether (sulfide) groups is 1. The summed E-state index contributed by atoms with van der Waals surface area (Å²) in [6.07, 6.45) is 1.07. The lowest BCUT2D eigenvalue weighted by Gasteiger charge is -2.29. The molecule has 0 amide bonds. The Morgan fingerprint density at radius 3 is 2.95 bits per heavy atom. The first kappa shape index (κ1) is 15.1. The number of benzene rings is 2. The van der Waals surface area contributed by atoms with Gasteiger partial charge in [0.2, 0.25) is 0 Å². The van der Waals surface area contributed by atoms with Crippen molar-refractivity contribution in [2.24, 2.45) is 0 Å². The van der Waals surface area contributed by atoms with Crippen LogP contribution in [0.1, 0.15) is 36.6 Å². The summed E-state index contributed by atoms with van der Waals surface area (Å²) >= 11 is 5.32. The van der Waals surface area contributed by atoms with Crippen molar-refractivity contribution in [3.8, 4) is 0 Å². The van der Waals surface area contributed by atoms with Crippen LogP contribution in [0.5, 0.6) is 0 Å². The van der Waals surface area contributed by atoms with Gasteiger partial charge >= 0.3 is 0 Å². The quantitative estimate of drug-likeness (QED) is 0.772. The number of hydrogen-bond donors (Lipinski definition) is 1. The zero-order valence-electron chi connectivity index (χ0n) is 11.8. The molecular formula is C17H17BrFNS. The lowest BCUT2D eigenvalue weighted by molar-refractivity contribution is 0.437. The Bertz CT molecular complexity index is 646. The molecule has 2 aromatic carbocycles. The third kappa shape index (κ3) is 3.33. The van der Waals surface area contributed by atoms with Gasteiger partial charge in [0, 0.05) is 27.0 Å². The van der Waals surface area contributed by atoms with Crippen molar-refractivity contribution >= 4 is 27.7 Å². The first-order valence-electron chi connectivity index (χ1n) is 7.08. The van der Waals surface area contributed by atoms with Crippen LogP contribution in [0, 0.1) is 5.82 Å². The molecule has 110 valence electrons. The molecule has 0 aromatic heterocycles. The molecule has 1 N–H and O–H groups in total. The molecule has 1 heterocycles. The number of halogens is 2. The van der Waals surface area contributed by atoms with E-state index >= 15 is 0 Å². The van der Waals surface area contributed by atoms with Crippen LogP contribution in [0.2, 0.25) is 0 Å². The van der Waals surface area contributed by atoms with Crippen LogP contribution in [0.15, 0.2) is 51.8 Å². The zero-order chi connectivity index (χ0) is 14.8. The van der Waals surface area contributed by atoms with E-state index in [1.165, 1.54) is 16.5 Å². The van der Waals surface area contributed by atoms with E-state index in [9.17, 15) is 4.39 Å². The second-order valence-electron chi connectivity index (χ2n) is 5.28. The van der Waals surface area contributed by atoms with Crippen LogP contribution in [-0.2, 0) is 0 Å². The van der Waals surface area contributed by atoms with Gasteiger partial charge in [-0.2, -0.15) is 0 Å². The fourth-order valence-corrected chi connectivity index (χ4v) is 4.26. The van der Waals surface area contributed by atoms with Crippen molar-refractivity contribution in [1.29, 1.82) is 0 Å². The minimum atomic E-state index is -0.156. The Morgan fingerprint density at radius 1 is 1.29 bits per heavy atom. The van der Waals surface area contributed by atoms with Crippen LogP contribution in [0.4, 0.5) is 4.39 Å². The van der Waals surface area contributed by atoms with Gasteiger partial charge in [-0.25, -0.2) is 4.39 Å². The molecule has 2 aromatic rings. The molecule has 0 spiro atoms. The number of fused-ring (bicyclic) bond motifs is 1. The smallest absolute Gasteiger partial charge is 0.128 e. The fourth-order valence-electron chi connectivity index (χ4n) is 2.75. The molecule has 1 nitrogen and oxygen atoms in total. The molecule has 21 heavy (non-hydrogen) atoms. The predicted molar refractivity (Wildman–Crippen MR) is 90.2 cm³/mol. The van der Waals surface area contributed by atoms with E-state index in [4.69, 9.17) is 0 Å². The summed E-state index contributed by atoms with van der Waals surface area (Å²) in [4.78, 5) is 1.34. The average molecular weight is 366 g/mol. The van der Waals surface area contributed by atoms with Gasteiger partial charge < -0.3 is 5.32 Å². The monoisotopic (exact) mass is 365 g/mol. The van der Waals surface area contributed by atoms with Crippen molar-refractivity contribution in [1.82, 2.24) is 5.32 Å². The molecule has 1 aliphatic rings. The van der Waals surface area contributed by atoms with Gasteiger partial charge in [0.05, 0.1) is 0 Å². The molecule has 2 unspecified atom stereocenters. The maximum Gasteiger partial charge on any atom is 0.128 e. The van der Waals surface area contributed by atoms with E-state index in [1.54, 1.807) is 6.07 Å². The molecule has 0 radical (unpaired) electrons. The standard InChI is InChI=1S/C17H17BrFNS/c1-11(14-10-12(18)6-7-15(14)19)20-16-8-9-21-17-5-3-2-4-13(16)17/h2-7,10-11,16,20H,8-9H2,1H3. The van der Waals surface area contributed by atoms with Crippen molar-refractivity contribution in [3.63, 3.8) is 0 Å². The molecule has 0 aliphatic carbocycles. The van der Waals surface area contributed by atoms with Gasteiger partial charge in [-0.15, -0.1) is 11.8 Å². The van der Waals surface area contributed by atoms with Crippen molar-refractivity contribution < 1.29 is 4.39 Å². The van der Waals surface area contributed by atoms with Crippen LogP contribution in [0.3, 0.4) is 0 Å². The Morgan fingerprint density at radius 2 is 2.10 bits per heavy atom. The summed E-state index contributed by atoms with van der Waals surface area (Å²) in [6.45, 7) is 2.02. The third-order valence-corrected chi connectivity index (χ3v) is 5.45. The van der Waals surface area contributed by atoms with Gasteiger partial charge in [-0.1, -0.05) is 34.1 Å². The molecule has 2 atom stereocenters. The predicted octanol–water partition coefficient (Wildman–Crippen LogP) is 5.48. The minimum absolute atomic E-state index is 0.0244. The molecule has 3 rings (SSSR count). The van der Waals surface area contributed by atoms with E-state index in [0.717, 1.165) is 16.6 Å². The second-order valence-corrected chi connectivity index (χ2v) is 7.33. The Hall–Kier alpha value is -0.840. The normalized spacial score (nSPS) is 19.1. The van der Waals surface area contributed by atoms with Crippen LogP contribution >= 0.6 is 27.7 Å². The minimum Gasteiger partial charge on any atom is -0.303 e. The lowest BCUT2D eigenvalue weighted by Crippen LogP contribution is -2.27. The summed E-state index contributed by atoms with van der Waals surface area (Å²) in [5.41, 5.74) is 2.04. The van der Waals surface area contributed by atoms with E-state index in [-0.39, 0.29) is 17.9 Å². The van der Waals surface area contributed by atoms with Crippen molar-refractivity contribution in [3.05, 3.63) is 63.9 Å². The molecular weight excluding hydrogens is 349 g/mol. The van der Waals surface area contributed by atoms with Crippen molar-refractivity contribution in [2.75, 3.05) is 5.75 Å². The first-order valence-corrected chi connectivity index (χ1v) is 8.86. The van der Waals surface area contributed by atoms with E-state index in [1.807, 2.05) is 24.8 Å². The van der Waals surface area contributed by atoms with Crippen LogP contribution < -0.4 is 5.32 Å². The molecule has 1 aliphatic heterocycles. The third-order valence-electron chi connectivity index (χ3n) is 3.83. The highest BCUT2D eigenvalue weighted by Gasteiger charge is 2.23. The Balaban J connectivity index is 1.82. The lowest BCUT2D eigenvalue weighted by atomic mass is 10.0. The molecule has 0 saturated heterocycles. The van der Waals surface area contributed by atoms with Crippen molar-refractivity contribution in [2.45, 2.75) is 30.3 Å². The van der Waals surface area contributed by atoms with Gasteiger partial charge in [-0.3, -0.25) is 0 Å². The fraction of sp³-hybridized carbons (Fsp3) is 0.294. The van der Waals surface area contributed by atoms with E-state index in [2.05, 4.69) is 45.5 Å². The second kappa shape index (κ2) is 6.51. The SMILES string of the molecule is CC(NC1CCSc2ccccc21)c1cc(Br)ccc1F. The highest BCUT2D eigenvalue weighted by Crippen LogP contribution is 2.37. The van der Waals surface area contributed by atoms with Gasteiger partial charge in [-0.05, 0) is 48.9 Å². The number of nitrogens with one attached hydrogen (secondary N) is 1. The number of hydrogen-bond acceptors (Lipinski definition) is 2. The summed E-state index contributed by atoms with van der Waals surface area (Å²) in [6, 6.07) is 13.9. The maximum atomic E-state index is 14.0. The van der Waals surface area contributed by atoms with Crippen LogP contribution in [-0.4, -0.2) is 5.75 Å². The van der Waals surface area contributed by atoms with E-state index in [0.29, 0.717) is 5.56 Å². The van der Waals surface area contributed by atoms with Gasteiger partial charge in [0.15, 0.2) is 0 Å². The van der Waals surface area contributed by atoms with Gasteiger partial charge in [0.25, 0.3) is 0 Å². The van der Waals surface area contributed by atoms with Gasteiger partial charge in [0.1, 0.15) is 5.82 Å². The molecule has 4 heteroatoms. The average Bonchev–Trinajstić information content (AvgIpc) is 2.50. The van der Waals surface area contributed by atoms with E-state index < -0.39 is 0 Å². The molecule has 0 bridgehead atoms. The first-order chi connectivity index (χ1) is 10.1. The zero-order valence-corrected chi connectivity index (χ0v) is 14.2. The maximum absolute atomic E-state index is 14.0. The highest BCUT2D eigenvalue weighted by atomic mass is 79.9. The topological polar surface area (TPSA) is 12.0 Å². The number of rotatable bonds is 3. The summed E-state index contributed by atoms with van der Waals surface area (Å²) < 4.78 is 14.9. The Labute approximate surface area is 137 Å².